The van der Waals surface area contributed by atoms with Crippen molar-refractivity contribution < 1.29 is 17.9 Å². The number of methoxy groups -OCH3 is 1. The number of hydrogen-bond acceptors (Lipinski definition) is 4. The van der Waals surface area contributed by atoms with Crippen LogP contribution >= 0.6 is 34.2 Å². The molecular weight excluding hydrogens is 479 g/mol. The van der Waals surface area contributed by atoms with Crippen LogP contribution in [0, 0.1) is 3.57 Å². The molecule has 0 fully saturated rings. The van der Waals surface area contributed by atoms with E-state index < -0.39 is 15.9 Å². The van der Waals surface area contributed by atoms with E-state index in [0.717, 1.165) is 7.88 Å². The average molecular weight is 495 g/mol. The van der Waals surface area contributed by atoms with E-state index in [9.17, 15) is 13.2 Å². The van der Waals surface area contributed by atoms with E-state index >= 15 is 0 Å². The number of sulfonamides is 1. The van der Waals surface area contributed by atoms with Crippen LogP contribution in [-0.4, -0.2) is 39.8 Å². The van der Waals surface area contributed by atoms with Crippen molar-refractivity contribution in [2.24, 2.45) is 0 Å². The van der Waals surface area contributed by atoms with Gasteiger partial charge in [-0.2, -0.15) is 0 Å². The Morgan fingerprint density at radius 3 is 2.48 bits per heavy atom. The van der Waals surface area contributed by atoms with Crippen molar-refractivity contribution in [3.63, 3.8) is 0 Å². The maximum absolute atomic E-state index is 12.6. The quantitative estimate of drug-likeness (QED) is 0.646. The molecule has 6 nitrogen and oxygen atoms in total. The Hall–Kier alpha value is -1.36. The lowest BCUT2D eigenvalue weighted by Crippen LogP contribution is -2.24. The number of anilines is 1. The molecule has 2 aromatic carbocycles. The van der Waals surface area contributed by atoms with Crippen molar-refractivity contribution in [2.75, 3.05) is 26.5 Å². The fraction of sp³-hybridized carbons (Fsp3) is 0.188. The molecule has 0 atom stereocenters. The van der Waals surface area contributed by atoms with E-state index in [1.807, 2.05) is 22.6 Å². The van der Waals surface area contributed by atoms with Gasteiger partial charge in [0.25, 0.3) is 5.91 Å². The van der Waals surface area contributed by atoms with Crippen molar-refractivity contribution in [1.82, 2.24) is 4.31 Å². The predicted octanol–water partition coefficient (Wildman–Crippen LogP) is 3.46. The van der Waals surface area contributed by atoms with Crippen LogP contribution in [0.2, 0.25) is 5.02 Å². The molecule has 0 aromatic heterocycles. The number of nitrogens with one attached hydrogen (secondary N) is 1. The molecule has 2 aromatic rings. The second kappa shape index (κ2) is 7.90. The summed E-state index contributed by atoms with van der Waals surface area (Å²) < 4.78 is 31.9. The van der Waals surface area contributed by atoms with Crippen molar-refractivity contribution >= 4 is 55.8 Å². The van der Waals surface area contributed by atoms with E-state index in [1.165, 1.54) is 39.4 Å². The van der Waals surface area contributed by atoms with E-state index in [4.69, 9.17) is 16.3 Å². The van der Waals surface area contributed by atoms with Gasteiger partial charge in [-0.3, -0.25) is 4.79 Å². The number of rotatable bonds is 5. The number of carbonyl (C=O) groups is 1. The van der Waals surface area contributed by atoms with Crippen LogP contribution < -0.4 is 10.1 Å². The summed E-state index contributed by atoms with van der Waals surface area (Å²) in [5.41, 5.74) is 0.392. The Bertz CT molecular complexity index is 916. The van der Waals surface area contributed by atoms with Crippen LogP contribution in [0.4, 0.5) is 5.69 Å². The van der Waals surface area contributed by atoms with Gasteiger partial charge in [-0.25, -0.2) is 12.7 Å². The Morgan fingerprint density at radius 2 is 1.88 bits per heavy atom. The van der Waals surface area contributed by atoms with E-state index in [0.29, 0.717) is 10.8 Å². The Labute approximate surface area is 165 Å². The fourth-order valence-electron chi connectivity index (χ4n) is 2.06. The van der Waals surface area contributed by atoms with Crippen molar-refractivity contribution in [3.8, 4) is 5.75 Å². The second-order valence-corrected chi connectivity index (χ2v) is 8.89. The largest absolute Gasteiger partial charge is 0.496 e. The molecule has 0 bridgehead atoms. The normalized spacial score (nSPS) is 11.4. The van der Waals surface area contributed by atoms with E-state index in [1.54, 1.807) is 18.2 Å². The Kier molecular flexibility index (Phi) is 6.30. The summed E-state index contributed by atoms with van der Waals surface area (Å²) in [6, 6.07) is 9.32. The highest BCUT2D eigenvalue weighted by Gasteiger charge is 2.23. The van der Waals surface area contributed by atoms with Gasteiger partial charge in [-0.05, 0) is 46.9 Å². The molecule has 0 aliphatic heterocycles. The molecular formula is C16H16ClIN2O4S. The predicted molar refractivity (Wildman–Crippen MR) is 106 cm³/mol. The molecule has 9 heteroatoms. The SMILES string of the molecule is COc1cc(I)c(Cl)cc1C(=O)Nc1ccccc1S(=O)(=O)N(C)C. The molecule has 0 saturated carbocycles. The molecule has 1 N–H and O–H groups in total. The summed E-state index contributed by atoms with van der Waals surface area (Å²) >= 11 is 8.12. The highest BCUT2D eigenvalue weighted by Crippen LogP contribution is 2.30. The zero-order chi connectivity index (χ0) is 18.8. The van der Waals surface area contributed by atoms with Gasteiger partial charge >= 0.3 is 0 Å². The average Bonchev–Trinajstić information content (AvgIpc) is 2.57. The summed E-state index contributed by atoms with van der Waals surface area (Å²) in [6.07, 6.45) is 0. The lowest BCUT2D eigenvalue weighted by molar-refractivity contribution is 0.102. The van der Waals surface area contributed by atoms with Gasteiger partial charge in [0.2, 0.25) is 10.0 Å². The highest BCUT2D eigenvalue weighted by atomic mass is 127. The molecule has 0 heterocycles. The molecule has 0 spiro atoms. The van der Waals surface area contributed by atoms with Crippen LogP contribution in [0.5, 0.6) is 5.75 Å². The molecule has 25 heavy (non-hydrogen) atoms. The maximum atomic E-state index is 12.6. The zero-order valence-corrected chi connectivity index (χ0v) is 17.4. The van der Waals surface area contributed by atoms with Crippen LogP contribution in [0.3, 0.4) is 0 Å². The topological polar surface area (TPSA) is 75.7 Å². The van der Waals surface area contributed by atoms with Gasteiger partial charge in [0.1, 0.15) is 10.6 Å². The third-order valence-corrected chi connectivity index (χ3v) is 6.78. The van der Waals surface area contributed by atoms with Gasteiger partial charge in [0.15, 0.2) is 0 Å². The fourth-order valence-corrected chi connectivity index (χ4v) is 3.70. The summed E-state index contributed by atoms with van der Waals surface area (Å²) in [4.78, 5) is 12.6. The summed E-state index contributed by atoms with van der Waals surface area (Å²) in [5, 5.41) is 3.03. The summed E-state index contributed by atoms with van der Waals surface area (Å²) in [5.74, 6) is -0.171. The molecule has 0 aliphatic carbocycles. The number of benzene rings is 2. The highest BCUT2D eigenvalue weighted by molar-refractivity contribution is 14.1. The summed E-state index contributed by atoms with van der Waals surface area (Å²) in [6.45, 7) is 0. The lowest BCUT2D eigenvalue weighted by Gasteiger charge is -2.16. The first-order valence-electron chi connectivity index (χ1n) is 7.04. The third kappa shape index (κ3) is 4.25. The van der Waals surface area contributed by atoms with Gasteiger partial charge in [0, 0.05) is 17.7 Å². The maximum Gasteiger partial charge on any atom is 0.259 e. The Balaban J connectivity index is 2.46. The number of nitrogens with zero attached hydrogens (tertiary/aromatic N) is 1. The first-order chi connectivity index (χ1) is 11.7. The van der Waals surface area contributed by atoms with Crippen LogP contribution in [0.25, 0.3) is 0 Å². The monoisotopic (exact) mass is 494 g/mol. The number of hydrogen-bond donors (Lipinski definition) is 1. The molecule has 0 saturated heterocycles. The number of carbonyl (C=O) groups excluding carboxylic acids is 1. The lowest BCUT2D eigenvalue weighted by atomic mass is 10.2. The van der Waals surface area contributed by atoms with Gasteiger partial charge < -0.3 is 10.1 Å². The molecule has 0 unspecified atom stereocenters. The van der Waals surface area contributed by atoms with E-state index in [2.05, 4.69) is 5.32 Å². The number of halogens is 2. The second-order valence-electron chi connectivity index (χ2n) is 5.20. The van der Waals surface area contributed by atoms with E-state index in [-0.39, 0.29) is 16.1 Å². The van der Waals surface area contributed by atoms with Crippen molar-refractivity contribution in [1.29, 1.82) is 0 Å². The molecule has 2 rings (SSSR count). The van der Waals surface area contributed by atoms with Crippen LogP contribution in [0.15, 0.2) is 41.3 Å². The first-order valence-corrected chi connectivity index (χ1v) is 9.94. The summed E-state index contributed by atoms with van der Waals surface area (Å²) in [7, 11) is 0.592. The Morgan fingerprint density at radius 1 is 1.24 bits per heavy atom. The molecule has 0 radical (unpaired) electrons. The van der Waals surface area contributed by atoms with Crippen molar-refractivity contribution in [2.45, 2.75) is 4.90 Å². The van der Waals surface area contributed by atoms with Gasteiger partial charge in [-0.1, -0.05) is 23.7 Å². The van der Waals surface area contributed by atoms with Crippen LogP contribution in [0.1, 0.15) is 10.4 Å². The minimum atomic E-state index is -3.71. The number of ether oxygens (including phenoxy) is 1. The first kappa shape index (κ1) is 20.0. The number of amides is 1. The standard InChI is InChI=1S/C16H16ClIN2O4S/c1-20(2)25(22,23)15-7-5-4-6-13(15)19-16(21)10-8-11(17)12(18)9-14(10)24-3/h4-9H,1-3H3,(H,19,21). The van der Waals surface area contributed by atoms with Gasteiger partial charge in [-0.15, -0.1) is 0 Å². The third-order valence-electron chi connectivity index (χ3n) is 3.38. The zero-order valence-electron chi connectivity index (χ0n) is 13.7. The molecule has 134 valence electrons. The number of para-hydroxylation sites is 1. The van der Waals surface area contributed by atoms with Crippen molar-refractivity contribution in [3.05, 3.63) is 50.6 Å². The van der Waals surface area contributed by atoms with Gasteiger partial charge in [0.05, 0.1) is 23.4 Å². The van der Waals surface area contributed by atoms with Crippen LogP contribution in [-0.2, 0) is 10.0 Å². The molecule has 0 aliphatic rings. The minimum absolute atomic E-state index is 0.00363. The minimum Gasteiger partial charge on any atom is -0.496 e. The molecule has 1 amide bonds. The smallest absolute Gasteiger partial charge is 0.259 e.